The molecule has 1 aromatic rings. The zero-order valence-corrected chi connectivity index (χ0v) is 6.27. The van der Waals surface area contributed by atoms with Crippen molar-refractivity contribution in [3.05, 3.63) is 11.1 Å². The van der Waals surface area contributed by atoms with Gasteiger partial charge in [-0.2, -0.15) is 0 Å². The lowest BCUT2D eigenvalue weighted by Crippen LogP contribution is -1.88. The molecule has 0 fully saturated rings. The fourth-order valence-electron chi connectivity index (χ4n) is 0.541. The van der Waals surface area contributed by atoms with Crippen LogP contribution in [0.5, 0.6) is 0 Å². The highest BCUT2D eigenvalue weighted by atomic mass is 32.1. The molecule has 0 aliphatic heterocycles. The molecule has 3 heteroatoms. The van der Waals surface area contributed by atoms with E-state index >= 15 is 0 Å². The third kappa shape index (κ3) is 1.42. The lowest BCUT2D eigenvalue weighted by Gasteiger charge is -1.94. The van der Waals surface area contributed by atoms with Gasteiger partial charge in [0.2, 0.25) is 0 Å². The summed E-state index contributed by atoms with van der Waals surface area (Å²) < 4.78 is 13.8. The van der Waals surface area contributed by atoms with E-state index in [9.17, 15) is 0 Å². The Bertz CT molecular complexity index is 212. The molecule has 0 spiro atoms. The molecule has 1 aromatic heterocycles. The maximum atomic E-state index is 6.92. The topological polar surface area (TPSA) is 38.9 Å². The SMILES string of the molecule is [3H]N([3H])c1nc(C(C)C)cs1. The predicted octanol–water partition coefficient (Wildman–Crippen LogP) is 1.85. The van der Waals surface area contributed by atoms with Crippen molar-refractivity contribution < 1.29 is 2.82 Å². The van der Waals surface area contributed by atoms with Gasteiger partial charge in [-0.15, -0.1) is 11.3 Å². The van der Waals surface area contributed by atoms with Crippen LogP contribution in [0.3, 0.4) is 0 Å². The molecule has 0 radical (unpaired) electrons. The molecule has 0 aromatic carbocycles. The second-order valence-corrected chi connectivity index (χ2v) is 3.05. The van der Waals surface area contributed by atoms with Crippen molar-refractivity contribution in [3.63, 3.8) is 0 Å². The number of nitrogen functional groups attached to an aromatic ring is 1. The van der Waals surface area contributed by atoms with Gasteiger partial charge in [-0.1, -0.05) is 13.8 Å². The Hall–Kier alpha value is -0.570. The van der Waals surface area contributed by atoms with Crippen LogP contribution in [0, 0.1) is 0 Å². The summed E-state index contributed by atoms with van der Waals surface area (Å²) in [6, 6.07) is 0. The fraction of sp³-hybridized carbons (Fsp3) is 0.500. The average molecular weight is 146 g/mol. The second-order valence-electron chi connectivity index (χ2n) is 2.21. The third-order valence-electron chi connectivity index (χ3n) is 1.10. The van der Waals surface area contributed by atoms with Gasteiger partial charge in [0.15, 0.2) is 7.96 Å². The molecular formula is C6H10N2S. The van der Waals surface area contributed by atoms with E-state index in [0.717, 1.165) is 5.69 Å². The zero-order chi connectivity index (χ0) is 8.43. The highest BCUT2D eigenvalue weighted by Gasteiger charge is 2.01. The third-order valence-corrected chi connectivity index (χ3v) is 1.76. The van der Waals surface area contributed by atoms with Crippen LogP contribution in [0.4, 0.5) is 5.13 Å². The van der Waals surface area contributed by atoms with Gasteiger partial charge in [0, 0.05) is 5.38 Å². The number of thiazole rings is 1. The van der Waals surface area contributed by atoms with Gasteiger partial charge < -0.3 is 5.72 Å². The maximum Gasteiger partial charge on any atom is 0.180 e. The van der Waals surface area contributed by atoms with Gasteiger partial charge in [0.1, 0.15) is 0 Å². The molecule has 2 nitrogen and oxygen atoms in total. The Morgan fingerprint density at radius 2 is 2.67 bits per heavy atom. The van der Waals surface area contributed by atoms with Gasteiger partial charge in [-0.25, -0.2) is 4.98 Å². The molecule has 0 atom stereocenters. The average Bonchev–Trinajstić information content (AvgIpc) is 2.33. The first-order chi connectivity index (χ1) is 5.11. The molecule has 0 aliphatic carbocycles. The van der Waals surface area contributed by atoms with Gasteiger partial charge in [-0.3, -0.25) is 0 Å². The summed E-state index contributed by atoms with van der Waals surface area (Å²) in [5.74, 6) is 0.375. The molecule has 1 rings (SSSR count). The molecule has 0 aliphatic rings. The van der Waals surface area contributed by atoms with Crippen molar-refractivity contribution in [2.45, 2.75) is 19.8 Å². The zero-order valence-electron chi connectivity index (χ0n) is 7.46. The lowest BCUT2D eigenvalue weighted by atomic mass is 10.2. The first kappa shape index (κ1) is 4.28. The molecule has 0 saturated heterocycles. The molecule has 0 amide bonds. The van der Waals surface area contributed by atoms with Gasteiger partial charge in [0.05, 0.1) is 5.69 Å². The highest BCUT2D eigenvalue weighted by Crippen LogP contribution is 2.18. The number of nitrogens with zero attached hydrogens (tertiary/aromatic N) is 1. The van der Waals surface area contributed by atoms with Crippen molar-refractivity contribution >= 4 is 16.5 Å². The van der Waals surface area contributed by atoms with Crippen LogP contribution in [-0.2, 0) is 0 Å². The predicted molar refractivity (Wildman–Crippen MR) is 40.6 cm³/mol. The Labute approximate surface area is 61.7 Å². The molecule has 0 bridgehead atoms. The van der Waals surface area contributed by atoms with Crippen LogP contribution >= 0.6 is 11.3 Å². The fourth-order valence-corrected chi connectivity index (χ4v) is 1.25. The molecule has 0 unspecified atom stereocenters. The van der Waals surface area contributed by atoms with E-state index in [1.165, 1.54) is 11.3 Å². The van der Waals surface area contributed by atoms with Crippen LogP contribution < -0.4 is 5.72 Å². The van der Waals surface area contributed by atoms with E-state index in [4.69, 9.17) is 2.82 Å². The van der Waals surface area contributed by atoms with Crippen LogP contribution in [0.1, 0.15) is 25.5 Å². The van der Waals surface area contributed by atoms with Gasteiger partial charge in [-0.05, 0) is 5.92 Å². The number of aromatic nitrogens is 1. The van der Waals surface area contributed by atoms with Crippen LogP contribution in [0.2, 0.25) is 2.82 Å². The number of hydrogen-bond donors (Lipinski definition) is 1. The molecule has 50 valence electrons. The van der Waals surface area contributed by atoms with E-state index in [0.29, 0.717) is 16.8 Å². The normalized spacial score (nSPS) is 13.2. The minimum Gasteiger partial charge on any atom is -0.375 e. The largest absolute Gasteiger partial charge is 0.375 e. The summed E-state index contributed by atoms with van der Waals surface area (Å²) in [5, 5.41) is 2.31. The van der Waals surface area contributed by atoms with Crippen molar-refractivity contribution in [2.75, 3.05) is 5.72 Å². The molecule has 0 saturated carbocycles. The number of hydrogen-bond acceptors (Lipinski definition) is 3. The van der Waals surface area contributed by atoms with Crippen LogP contribution in [0.25, 0.3) is 0 Å². The number of rotatable bonds is 2. The summed E-state index contributed by atoms with van der Waals surface area (Å²) in [6.07, 6.45) is 0. The van der Waals surface area contributed by atoms with E-state index < -0.39 is 0 Å². The minimum atomic E-state index is 0.375. The maximum absolute atomic E-state index is 6.92. The summed E-state index contributed by atoms with van der Waals surface area (Å²) in [7, 11) is 0. The van der Waals surface area contributed by atoms with Gasteiger partial charge >= 0.3 is 0 Å². The molecular weight excluding hydrogens is 132 g/mol. The quantitative estimate of drug-likeness (QED) is 0.691. The van der Waals surface area contributed by atoms with Crippen molar-refractivity contribution in [1.82, 2.24) is 4.98 Å². The molecule has 9 heavy (non-hydrogen) atoms. The minimum absolute atomic E-state index is 0.375. The summed E-state index contributed by atoms with van der Waals surface area (Å²) >= 11 is 1.33. The Morgan fingerprint density at radius 1 is 1.89 bits per heavy atom. The van der Waals surface area contributed by atoms with E-state index in [1.54, 1.807) is 0 Å². The van der Waals surface area contributed by atoms with Crippen molar-refractivity contribution in [3.8, 4) is 0 Å². The lowest BCUT2D eigenvalue weighted by molar-refractivity contribution is 0.834. The first-order valence-electron chi connectivity index (χ1n) is 3.74. The summed E-state index contributed by atoms with van der Waals surface area (Å²) in [4.78, 5) is 4.08. The Kier molecular flexibility index (Phi) is 1.12. The standard InChI is InChI=1S/C6H10N2S/c1-4(2)5-3-9-6(7)8-5/h3-4H,1-2H3,(H2,7,8)/i/hT2. The van der Waals surface area contributed by atoms with Crippen LogP contribution in [-0.4, -0.2) is 4.98 Å². The molecule has 2 N–H and O–H groups in total. The van der Waals surface area contributed by atoms with Gasteiger partial charge in [0.25, 0.3) is 0 Å². The number of anilines is 1. The van der Waals surface area contributed by atoms with E-state index in [2.05, 4.69) is 4.98 Å². The van der Waals surface area contributed by atoms with Crippen molar-refractivity contribution in [2.24, 2.45) is 0 Å². The van der Waals surface area contributed by atoms with Crippen molar-refractivity contribution in [1.29, 1.82) is 0 Å². The number of nitrogens with two attached hydrogens (primary N) is 1. The van der Waals surface area contributed by atoms with E-state index in [-0.39, 0.29) is 0 Å². The highest BCUT2D eigenvalue weighted by molar-refractivity contribution is 7.13. The first-order valence-corrected chi connectivity index (χ1v) is 3.72. The molecule has 1 heterocycles. The monoisotopic (exact) mass is 146 g/mol. The summed E-state index contributed by atoms with van der Waals surface area (Å²) in [5.41, 5.74) is 1.49. The second kappa shape index (κ2) is 2.35. The van der Waals surface area contributed by atoms with E-state index in [1.807, 2.05) is 19.2 Å². The summed E-state index contributed by atoms with van der Waals surface area (Å²) in [6.45, 7) is 4.08. The Balaban J connectivity index is 2.82. The van der Waals surface area contributed by atoms with Crippen LogP contribution in [0.15, 0.2) is 5.38 Å². The smallest absolute Gasteiger partial charge is 0.180 e. The Morgan fingerprint density at radius 3 is 3.00 bits per heavy atom.